The molecule has 164 valence electrons. The van der Waals surface area contributed by atoms with Gasteiger partial charge in [-0.25, -0.2) is 13.4 Å². The Morgan fingerprint density at radius 2 is 1.71 bits per heavy atom. The van der Waals surface area contributed by atoms with Gasteiger partial charge >= 0.3 is 6.18 Å². The van der Waals surface area contributed by atoms with Gasteiger partial charge in [0, 0.05) is 36.5 Å². The molecule has 0 radical (unpaired) electrons. The second-order valence-electron chi connectivity index (χ2n) is 7.20. The summed E-state index contributed by atoms with van der Waals surface area (Å²) in [6.45, 7) is 2.63. The molecule has 0 atom stereocenters. The van der Waals surface area contributed by atoms with E-state index in [1.54, 1.807) is 12.1 Å². The van der Waals surface area contributed by atoms with E-state index in [0.29, 0.717) is 12.1 Å². The molecule has 4 rings (SSSR count). The Kier molecular flexibility index (Phi) is 6.14. The lowest BCUT2D eigenvalue weighted by Crippen LogP contribution is -2.32. The number of fused-ring (bicyclic) bond motifs is 1. The van der Waals surface area contributed by atoms with Gasteiger partial charge in [0.2, 0.25) is 0 Å². The molecule has 0 unspecified atom stereocenters. The van der Waals surface area contributed by atoms with Crippen LogP contribution in [0.4, 0.5) is 18.9 Å². The lowest BCUT2D eigenvalue weighted by molar-refractivity contribution is -0.137. The average molecular weight is 468 g/mol. The number of rotatable bonds is 5. The van der Waals surface area contributed by atoms with Crippen molar-refractivity contribution in [1.29, 1.82) is 0 Å². The summed E-state index contributed by atoms with van der Waals surface area (Å²) in [7, 11) is -4.08. The Hall–Kier alpha value is -2.30. The molecule has 0 amide bonds. The molecule has 31 heavy (non-hydrogen) atoms. The van der Waals surface area contributed by atoms with Gasteiger partial charge in [0.05, 0.1) is 27.4 Å². The van der Waals surface area contributed by atoms with E-state index in [2.05, 4.69) is 14.6 Å². The maximum absolute atomic E-state index is 12.8. The third-order valence-electron chi connectivity index (χ3n) is 5.00. The number of nitrogens with one attached hydrogen (secondary N) is 1. The maximum Gasteiger partial charge on any atom is 0.416 e. The zero-order valence-electron chi connectivity index (χ0n) is 16.4. The van der Waals surface area contributed by atoms with Crippen LogP contribution in [-0.2, 0) is 22.7 Å². The molecule has 1 fully saturated rings. The lowest BCUT2D eigenvalue weighted by atomic mass is 10.1. The van der Waals surface area contributed by atoms with Crippen LogP contribution in [0.25, 0.3) is 10.9 Å². The number of para-hydroxylation sites is 1. The number of benzene rings is 2. The van der Waals surface area contributed by atoms with E-state index in [4.69, 9.17) is 0 Å². The Balaban J connectivity index is 1.61. The fourth-order valence-electron chi connectivity index (χ4n) is 3.37. The monoisotopic (exact) mass is 467 g/mol. The molecule has 1 saturated heterocycles. The van der Waals surface area contributed by atoms with E-state index in [0.717, 1.165) is 59.9 Å². The second-order valence-corrected chi connectivity index (χ2v) is 10.1. The van der Waals surface area contributed by atoms with Crippen LogP contribution in [0.2, 0.25) is 0 Å². The molecule has 1 aromatic heterocycles. The summed E-state index contributed by atoms with van der Waals surface area (Å²) in [5, 5.41) is 0.769. The molecule has 3 aromatic rings. The van der Waals surface area contributed by atoms with Gasteiger partial charge in [-0.15, -0.1) is 0 Å². The predicted molar refractivity (Wildman–Crippen MR) is 117 cm³/mol. The second kappa shape index (κ2) is 8.68. The van der Waals surface area contributed by atoms with Gasteiger partial charge in [-0.05, 0) is 36.4 Å². The highest BCUT2D eigenvalue weighted by atomic mass is 32.2. The predicted octanol–water partition coefficient (Wildman–Crippen LogP) is 4.60. The molecule has 0 saturated carbocycles. The molecular weight excluding hydrogens is 447 g/mol. The topological polar surface area (TPSA) is 62.3 Å². The fraction of sp³-hybridized carbons (Fsp3) is 0.286. The number of anilines is 1. The van der Waals surface area contributed by atoms with Crippen LogP contribution in [0, 0.1) is 0 Å². The van der Waals surface area contributed by atoms with E-state index < -0.39 is 21.8 Å². The largest absolute Gasteiger partial charge is 0.416 e. The summed E-state index contributed by atoms with van der Waals surface area (Å²) in [6.07, 6.45) is -4.53. The van der Waals surface area contributed by atoms with Crippen LogP contribution in [0.3, 0.4) is 0 Å². The molecule has 1 aliphatic rings. The van der Waals surface area contributed by atoms with Crippen molar-refractivity contribution in [3.8, 4) is 0 Å². The molecule has 10 heteroatoms. The van der Waals surface area contributed by atoms with Crippen LogP contribution in [0.15, 0.2) is 59.5 Å². The van der Waals surface area contributed by atoms with E-state index in [-0.39, 0.29) is 10.6 Å². The molecule has 0 bridgehead atoms. The van der Waals surface area contributed by atoms with Gasteiger partial charge in [0.25, 0.3) is 10.0 Å². The minimum atomic E-state index is -4.53. The summed E-state index contributed by atoms with van der Waals surface area (Å²) in [5.41, 5.74) is 0.718. The van der Waals surface area contributed by atoms with Crippen LogP contribution in [-0.4, -0.2) is 42.9 Å². The highest BCUT2D eigenvalue weighted by Gasteiger charge is 2.30. The maximum atomic E-state index is 12.8. The van der Waals surface area contributed by atoms with E-state index >= 15 is 0 Å². The first-order valence-electron chi connectivity index (χ1n) is 9.61. The van der Waals surface area contributed by atoms with Crippen molar-refractivity contribution >= 4 is 38.4 Å². The number of hydrogen-bond donors (Lipinski definition) is 1. The van der Waals surface area contributed by atoms with E-state index in [1.165, 1.54) is 0 Å². The summed E-state index contributed by atoms with van der Waals surface area (Å²) >= 11 is 1.92. The number of halogens is 3. The van der Waals surface area contributed by atoms with Crippen LogP contribution < -0.4 is 4.72 Å². The number of alkyl halides is 3. The molecule has 2 aromatic carbocycles. The average Bonchev–Trinajstić information content (AvgIpc) is 2.74. The van der Waals surface area contributed by atoms with Crippen molar-refractivity contribution < 1.29 is 21.6 Å². The molecule has 1 N–H and O–H groups in total. The molecule has 0 aliphatic carbocycles. The van der Waals surface area contributed by atoms with Crippen LogP contribution >= 0.6 is 11.8 Å². The van der Waals surface area contributed by atoms with Gasteiger partial charge in [-0.2, -0.15) is 24.9 Å². The van der Waals surface area contributed by atoms with Crippen molar-refractivity contribution in [2.75, 3.05) is 29.3 Å². The van der Waals surface area contributed by atoms with Crippen molar-refractivity contribution in [2.45, 2.75) is 17.6 Å². The summed E-state index contributed by atoms with van der Waals surface area (Å²) in [4.78, 5) is 6.72. The Bertz CT molecular complexity index is 1180. The number of sulfonamides is 1. The van der Waals surface area contributed by atoms with Crippen molar-refractivity contribution in [3.63, 3.8) is 0 Å². The SMILES string of the molecule is O=S(=O)(Nc1cccc2ccc(CN3CCSCC3)nc12)c1ccc(C(F)(F)F)cc1. The molecular formula is C21H20F3N3O2S2. The van der Waals surface area contributed by atoms with Crippen molar-refractivity contribution in [3.05, 3.63) is 65.9 Å². The number of nitrogens with zero attached hydrogens (tertiary/aromatic N) is 2. The quantitative estimate of drug-likeness (QED) is 0.594. The summed E-state index contributed by atoms with van der Waals surface area (Å²) in [6, 6.07) is 12.4. The number of aromatic nitrogens is 1. The zero-order valence-corrected chi connectivity index (χ0v) is 18.0. The molecule has 5 nitrogen and oxygen atoms in total. The Morgan fingerprint density at radius 1 is 1.00 bits per heavy atom. The number of pyridine rings is 1. The van der Waals surface area contributed by atoms with Crippen LogP contribution in [0.1, 0.15) is 11.3 Å². The minimum Gasteiger partial charge on any atom is -0.296 e. The van der Waals surface area contributed by atoms with E-state index in [1.807, 2.05) is 30.0 Å². The first-order valence-corrected chi connectivity index (χ1v) is 12.2. The van der Waals surface area contributed by atoms with Gasteiger partial charge in [-0.1, -0.05) is 18.2 Å². The Morgan fingerprint density at radius 3 is 2.39 bits per heavy atom. The third kappa shape index (κ3) is 5.13. The Labute approximate surface area is 182 Å². The number of thioether (sulfide) groups is 1. The van der Waals surface area contributed by atoms with Gasteiger partial charge < -0.3 is 0 Å². The number of hydrogen-bond acceptors (Lipinski definition) is 5. The highest BCUT2D eigenvalue weighted by Crippen LogP contribution is 2.30. The zero-order chi connectivity index (χ0) is 22.1. The molecule has 1 aliphatic heterocycles. The normalized spacial score (nSPS) is 15.8. The third-order valence-corrected chi connectivity index (χ3v) is 7.33. The molecule has 2 heterocycles. The standard InChI is InChI=1S/C21H20F3N3O2S2/c22-21(23,24)16-5-8-18(9-6-16)31(28,29)26-19-3-1-2-15-4-7-17(25-20(15)19)14-27-10-12-30-13-11-27/h1-9,26H,10-14H2. The first kappa shape index (κ1) is 21.9. The fourth-order valence-corrected chi connectivity index (χ4v) is 5.42. The van der Waals surface area contributed by atoms with Gasteiger partial charge in [0.1, 0.15) is 0 Å². The lowest BCUT2D eigenvalue weighted by Gasteiger charge is -2.25. The van der Waals surface area contributed by atoms with Gasteiger partial charge in [-0.3, -0.25) is 9.62 Å². The van der Waals surface area contributed by atoms with Crippen LogP contribution in [0.5, 0.6) is 0 Å². The summed E-state index contributed by atoms with van der Waals surface area (Å²) in [5.74, 6) is 2.15. The van der Waals surface area contributed by atoms with Gasteiger partial charge in [0.15, 0.2) is 0 Å². The van der Waals surface area contributed by atoms with E-state index in [9.17, 15) is 21.6 Å². The minimum absolute atomic E-state index is 0.250. The van der Waals surface area contributed by atoms with Crippen molar-refractivity contribution in [1.82, 2.24) is 9.88 Å². The highest BCUT2D eigenvalue weighted by molar-refractivity contribution is 7.99. The van der Waals surface area contributed by atoms with Crippen molar-refractivity contribution in [2.24, 2.45) is 0 Å². The molecule has 0 spiro atoms. The first-order chi connectivity index (χ1) is 14.7. The smallest absolute Gasteiger partial charge is 0.296 e. The summed E-state index contributed by atoms with van der Waals surface area (Å²) < 4.78 is 66.3.